The largest absolute Gasteiger partial charge is 0.497 e. The third kappa shape index (κ3) is 4.24. The van der Waals surface area contributed by atoms with Crippen LogP contribution in [0.15, 0.2) is 36.4 Å². The zero-order chi connectivity index (χ0) is 22.7. The topological polar surface area (TPSA) is 100 Å². The molecule has 1 amide bonds. The van der Waals surface area contributed by atoms with Crippen molar-refractivity contribution in [1.82, 2.24) is 4.90 Å². The highest BCUT2D eigenvalue weighted by molar-refractivity contribution is 5.93. The average molecular weight is 440 g/mol. The highest BCUT2D eigenvalue weighted by Crippen LogP contribution is 2.39. The number of ether oxygens (including phenoxy) is 4. The van der Waals surface area contributed by atoms with Crippen molar-refractivity contribution in [2.24, 2.45) is 0 Å². The zero-order valence-electron chi connectivity index (χ0n) is 17.9. The minimum Gasteiger partial charge on any atom is -0.497 e. The minimum absolute atomic E-state index is 0.0590. The Morgan fingerprint density at radius 3 is 2.84 bits per heavy atom. The Labute approximate surface area is 185 Å². The van der Waals surface area contributed by atoms with Crippen molar-refractivity contribution in [1.29, 1.82) is 0 Å². The lowest BCUT2D eigenvalue weighted by Gasteiger charge is -2.26. The van der Waals surface area contributed by atoms with Crippen LogP contribution < -0.4 is 14.2 Å². The van der Waals surface area contributed by atoms with Gasteiger partial charge in [-0.15, -0.1) is 0 Å². The van der Waals surface area contributed by atoms with E-state index in [0.717, 1.165) is 18.4 Å². The lowest BCUT2D eigenvalue weighted by atomic mass is 10.0. The molecule has 0 aromatic heterocycles. The lowest BCUT2D eigenvalue weighted by Crippen LogP contribution is -2.29. The van der Waals surface area contributed by atoms with E-state index in [1.165, 1.54) is 18.2 Å². The van der Waals surface area contributed by atoms with E-state index >= 15 is 0 Å². The van der Waals surface area contributed by atoms with Crippen molar-refractivity contribution in [3.8, 4) is 17.2 Å². The Morgan fingerprint density at radius 2 is 2.09 bits per heavy atom. The van der Waals surface area contributed by atoms with Gasteiger partial charge in [-0.05, 0) is 37.1 Å². The Balaban J connectivity index is 1.62. The second-order valence-electron chi connectivity index (χ2n) is 7.52. The number of nitro groups is 1. The molecule has 0 spiro atoms. The summed E-state index contributed by atoms with van der Waals surface area (Å²) in [6.07, 6.45) is 4.66. The van der Waals surface area contributed by atoms with Crippen LogP contribution in [-0.2, 0) is 16.1 Å². The Bertz CT molecular complexity index is 1070. The van der Waals surface area contributed by atoms with E-state index in [0.29, 0.717) is 34.9 Å². The summed E-state index contributed by atoms with van der Waals surface area (Å²) in [7, 11) is 3.19. The van der Waals surface area contributed by atoms with E-state index in [2.05, 4.69) is 0 Å². The number of hydrogen-bond donors (Lipinski definition) is 0. The molecule has 9 nitrogen and oxygen atoms in total. The zero-order valence-corrected chi connectivity index (χ0v) is 17.9. The van der Waals surface area contributed by atoms with Gasteiger partial charge in [0.15, 0.2) is 6.79 Å². The van der Waals surface area contributed by atoms with Crippen LogP contribution in [0.25, 0.3) is 6.08 Å². The summed E-state index contributed by atoms with van der Waals surface area (Å²) in [5, 5.41) is 11.3. The maximum atomic E-state index is 13.1. The van der Waals surface area contributed by atoms with Crippen molar-refractivity contribution < 1.29 is 28.7 Å². The number of carbonyl (C=O) groups is 1. The fourth-order valence-corrected chi connectivity index (χ4v) is 4.17. The van der Waals surface area contributed by atoms with Gasteiger partial charge in [-0.3, -0.25) is 14.9 Å². The van der Waals surface area contributed by atoms with Crippen molar-refractivity contribution in [3.63, 3.8) is 0 Å². The van der Waals surface area contributed by atoms with Gasteiger partial charge < -0.3 is 23.8 Å². The van der Waals surface area contributed by atoms with E-state index in [1.54, 1.807) is 25.2 Å². The van der Waals surface area contributed by atoms with Crippen molar-refractivity contribution in [2.75, 3.05) is 27.6 Å². The molecule has 168 valence electrons. The molecular formula is C23H24N2O7. The summed E-state index contributed by atoms with van der Waals surface area (Å²) >= 11 is 0. The van der Waals surface area contributed by atoms with Gasteiger partial charge in [0, 0.05) is 41.4 Å². The molecule has 0 N–H and O–H groups in total. The molecule has 4 rings (SSSR count). The highest BCUT2D eigenvalue weighted by Gasteiger charge is 2.31. The number of likely N-dealkylation sites (tertiary alicyclic amines) is 1. The van der Waals surface area contributed by atoms with Gasteiger partial charge in [-0.25, -0.2) is 0 Å². The van der Waals surface area contributed by atoms with E-state index < -0.39 is 4.92 Å². The molecule has 2 aliphatic rings. The summed E-state index contributed by atoms with van der Waals surface area (Å²) < 4.78 is 21.6. The fraction of sp³-hybridized carbons (Fsp3) is 0.348. The number of methoxy groups -OCH3 is 2. The quantitative estimate of drug-likeness (QED) is 0.382. The predicted octanol–water partition coefficient (Wildman–Crippen LogP) is 3.86. The molecule has 2 aromatic rings. The molecule has 0 saturated carbocycles. The van der Waals surface area contributed by atoms with Gasteiger partial charge in [0.05, 0.1) is 31.8 Å². The first-order valence-electron chi connectivity index (χ1n) is 10.2. The average Bonchev–Trinajstić information content (AvgIpc) is 3.31. The number of nitrogens with zero attached hydrogens (tertiary/aromatic N) is 2. The maximum Gasteiger partial charge on any atom is 0.270 e. The summed E-state index contributed by atoms with van der Waals surface area (Å²) in [5.74, 6) is 1.70. The van der Waals surface area contributed by atoms with Crippen LogP contribution in [0, 0.1) is 10.1 Å². The van der Waals surface area contributed by atoms with Gasteiger partial charge in [-0.1, -0.05) is 0 Å². The summed E-state index contributed by atoms with van der Waals surface area (Å²) in [4.78, 5) is 25.7. The SMILES string of the molecule is COc1ccc(OC)c(C2CCCN2C(=O)/C=C/c2cc([N+](=O)[O-])cc3c2OCOC3)c1. The summed E-state index contributed by atoms with van der Waals surface area (Å²) in [6.45, 7) is 0.880. The molecule has 0 aliphatic carbocycles. The molecule has 0 radical (unpaired) electrons. The molecule has 32 heavy (non-hydrogen) atoms. The Kier molecular flexibility index (Phi) is 6.27. The molecule has 1 atom stereocenters. The van der Waals surface area contributed by atoms with E-state index in [-0.39, 0.29) is 31.0 Å². The third-order valence-electron chi connectivity index (χ3n) is 5.67. The second kappa shape index (κ2) is 9.27. The highest BCUT2D eigenvalue weighted by atomic mass is 16.7. The monoisotopic (exact) mass is 440 g/mol. The van der Waals surface area contributed by atoms with Crippen molar-refractivity contribution in [2.45, 2.75) is 25.5 Å². The molecule has 2 aliphatic heterocycles. The van der Waals surface area contributed by atoms with Gasteiger partial charge in [0.2, 0.25) is 5.91 Å². The van der Waals surface area contributed by atoms with Gasteiger partial charge in [0.1, 0.15) is 17.2 Å². The molecule has 1 saturated heterocycles. The molecule has 1 unspecified atom stereocenters. The number of fused-ring (bicyclic) bond motifs is 1. The first kappa shape index (κ1) is 21.6. The molecule has 2 aromatic carbocycles. The van der Waals surface area contributed by atoms with Crippen LogP contribution in [0.3, 0.4) is 0 Å². The van der Waals surface area contributed by atoms with Crippen LogP contribution in [0.2, 0.25) is 0 Å². The first-order chi connectivity index (χ1) is 15.5. The molecule has 2 heterocycles. The summed E-state index contributed by atoms with van der Waals surface area (Å²) in [5.41, 5.74) is 1.86. The Hall–Kier alpha value is -3.59. The molecular weight excluding hydrogens is 416 g/mol. The lowest BCUT2D eigenvalue weighted by molar-refractivity contribution is -0.385. The van der Waals surface area contributed by atoms with Gasteiger partial charge in [0.25, 0.3) is 5.69 Å². The second-order valence-corrected chi connectivity index (χ2v) is 7.52. The molecule has 9 heteroatoms. The van der Waals surface area contributed by atoms with Crippen LogP contribution in [-0.4, -0.2) is 43.3 Å². The van der Waals surface area contributed by atoms with Crippen molar-refractivity contribution in [3.05, 3.63) is 63.2 Å². The fourth-order valence-electron chi connectivity index (χ4n) is 4.17. The van der Waals surface area contributed by atoms with Crippen molar-refractivity contribution >= 4 is 17.7 Å². The smallest absolute Gasteiger partial charge is 0.270 e. The summed E-state index contributed by atoms with van der Waals surface area (Å²) in [6, 6.07) is 8.22. The number of hydrogen-bond acceptors (Lipinski definition) is 7. The number of carbonyl (C=O) groups excluding carboxylic acids is 1. The number of amides is 1. The number of benzene rings is 2. The normalized spacial score (nSPS) is 17.7. The van der Waals surface area contributed by atoms with E-state index in [9.17, 15) is 14.9 Å². The minimum atomic E-state index is -0.473. The first-order valence-corrected chi connectivity index (χ1v) is 10.2. The standard InChI is InChI=1S/C23H24N2O7/c1-29-18-6-7-21(30-2)19(12-18)20-4-3-9-24(20)22(26)8-5-15-10-17(25(27)28)11-16-13-31-14-32-23(15)16/h5-8,10-12,20H,3-4,9,13-14H2,1-2H3/b8-5+. The van der Waals surface area contributed by atoms with E-state index in [4.69, 9.17) is 18.9 Å². The van der Waals surface area contributed by atoms with Gasteiger partial charge in [-0.2, -0.15) is 0 Å². The predicted molar refractivity (Wildman–Crippen MR) is 116 cm³/mol. The maximum absolute atomic E-state index is 13.1. The number of rotatable bonds is 6. The van der Waals surface area contributed by atoms with Crippen LogP contribution in [0.1, 0.15) is 35.6 Å². The molecule has 0 bridgehead atoms. The van der Waals surface area contributed by atoms with Crippen LogP contribution >= 0.6 is 0 Å². The third-order valence-corrected chi connectivity index (χ3v) is 5.67. The number of nitro benzene ring substituents is 1. The van der Waals surface area contributed by atoms with E-state index in [1.807, 2.05) is 18.2 Å². The number of non-ortho nitro benzene ring substituents is 1. The Morgan fingerprint density at radius 1 is 1.25 bits per heavy atom. The van der Waals surface area contributed by atoms with Gasteiger partial charge >= 0.3 is 0 Å². The molecule has 1 fully saturated rings. The van der Waals surface area contributed by atoms with Crippen LogP contribution in [0.5, 0.6) is 17.2 Å². The van der Waals surface area contributed by atoms with Crippen LogP contribution in [0.4, 0.5) is 5.69 Å².